The normalized spacial score (nSPS) is 10.0. The highest BCUT2D eigenvalue weighted by Crippen LogP contribution is 2.25. The standard InChI is InChI=1S/C19H19ClN2O5/c1-12-3-8-16(20)17(9-12)26-11-19(25)27-10-18(24)22-15-6-4-14(5-7-15)21-13(2)23/h3-9H,10-11H2,1-2H3,(H,21,23)(H,22,24). The van der Waals surface area contributed by atoms with E-state index in [1.54, 1.807) is 36.4 Å². The third kappa shape index (κ3) is 6.99. The van der Waals surface area contributed by atoms with Crippen LogP contribution in [0.2, 0.25) is 5.02 Å². The van der Waals surface area contributed by atoms with E-state index >= 15 is 0 Å². The number of hydrogen-bond acceptors (Lipinski definition) is 5. The van der Waals surface area contributed by atoms with E-state index in [1.807, 2.05) is 13.0 Å². The molecular formula is C19H19ClN2O5. The topological polar surface area (TPSA) is 93.7 Å². The molecule has 2 aromatic rings. The predicted molar refractivity (Wildman–Crippen MR) is 102 cm³/mol. The van der Waals surface area contributed by atoms with Gasteiger partial charge in [0, 0.05) is 18.3 Å². The van der Waals surface area contributed by atoms with E-state index in [0.717, 1.165) is 5.56 Å². The molecule has 2 amide bonds. The first-order chi connectivity index (χ1) is 12.8. The van der Waals surface area contributed by atoms with Gasteiger partial charge >= 0.3 is 5.97 Å². The van der Waals surface area contributed by atoms with Gasteiger partial charge in [0.15, 0.2) is 13.2 Å². The van der Waals surface area contributed by atoms with Gasteiger partial charge in [-0.3, -0.25) is 9.59 Å². The van der Waals surface area contributed by atoms with E-state index in [-0.39, 0.29) is 12.5 Å². The zero-order valence-corrected chi connectivity index (χ0v) is 15.6. The minimum Gasteiger partial charge on any atom is -0.480 e. The fourth-order valence-electron chi connectivity index (χ4n) is 2.08. The Kier molecular flexibility index (Phi) is 7.19. The molecule has 0 fully saturated rings. The molecule has 0 unspecified atom stereocenters. The molecule has 0 atom stereocenters. The first kappa shape index (κ1) is 20.3. The highest BCUT2D eigenvalue weighted by molar-refractivity contribution is 6.32. The molecule has 2 aromatic carbocycles. The van der Waals surface area contributed by atoms with Crippen molar-refractivity contribution in [2.75, 3.05) is 23.8 Å². The fourth-order valence-corrected chi connectivity index (χ4v) is 2.25. The van der Waals surface area contributed by atoms with E-state index in [2.05, 4.69) is 10.6 Å². The average molecular weight is 391 g/mol. The summed E-state index contributed by atoms with van der Waals surface area (Å²) in [6.07, 6.45) is 0. The Labute approximate surface area is 161 Å². The minimum atomic E-state index is -0.691. The first-order valence-corrected chi connectivity index (χ1v) is 8.43. The maximum Gasteiger partial charge on any atom is 0.344 e. The van der Waals surface area contributed by atoms with Crippen molar-refractivity contribution in [2.24, 2.45) is 0 Å². The molecule has 0 aliphatic rings. The quantitative estimate of drug-likeness (QED) is 0.708. The fraction of sp³-hybridized carbons (Fsp3) is 0.211. The Morgan fingerprint density at radius 2 is 1.59 bits per heavy atom. The SMILES string of the molecule is CC(=O)Nc1ccc(NC(=O)COC(=O)COc2cc(C)ccc2Cl)cc1. The monoisotopic (exact) mass is 390 g/mol. The maximum absolute atomic E-state index is 11.8. The number of benzene rings is 2. The van der Waals surface area contributed by atoms with E-state index in [9.17, 15) is 14.4 Å². The van der Waals surface area contributed by atoms with Gasteiger partial charge in [0.2, 0.25) is 5.91 Å². The number of amides is 2. The maximum atomic E-state index is 11.8. The zero-order chi connectivity index (χ0) is 19.8. The average Bonchev–Trinajstić information content (AvgIpc) is 2.62. The summed E-state index contributed by atoms with van der Waals surface area (Å²) in [5.41, 5.74) is 2.05. The summed E-state index contributed by atoms with van der Waals surface area (Å²) in [5, 5.41) is 5.58. The van der Waals surface area contributed by atoms with Crippen molar-refractivity contribution >= 4 is 40.8 Å². The Balaban J connectivity index is 1.75. The molecule has 0 saturated heterocycles. The van der Waals surface area contributed by atoms with Crippen LogP contribution in [0, 0.1) is 6.92 Å². The molecule has 0 heterocycles. The third-order valence-electron chi connectivity index (χ3n) is 3.29. The van der Waals surface area contributed by atoms with Gasteiger partial charge in [-0.1, -0.05) is 17.7 Å². The number of rotatable bonds is 7. The van der Waals surface area contributed by atoms with Crippen molar-refractivity contribution in [2.45, 2.75) is 13.8 Å². The summed E-state index contributed by atoms with van der Waals surface area (Å²) in [6, 6.07) is 11.7. The van der Waals surface area contributed by atoms with Gasteiger partial charge in [-0.05, 0) is 48.9 Å². The molecule has 8 heteroatoms. The molecule has 0 bridgehead atoms. The van der Waals surface area contributed by atoms with Gasteiger partial charge in [-0.25, -0.2) is 4.79 Å². The van der Waals surface area contributed by atoms with Crippen molar-refractivity contribution in [1.82, 2.24) is 0 Å². The van der Waals surface area contributed by atoms with Gasteiger partial charge in [-0.2, -0.15) is 0 Å². The Hall–Kier alpha value is -3.06. The third-order valence-corrected chi connectivity index (χ3v) is 3.60. The van der Waals surface area contributed by atoms with Crippen LogP contribution < -0.4 is 15.4 Å². The zero-order valence-electron chi connectivity index (χ0n) is 14.9. The van der Waals surface area contributed by atoms with Crippen LogP contribution in [0.5, 0.6) is 5.75 Å². The second-order valence-electron chi connectivity index (χ2n) is 5.69. The lowest BCUT2D eigenvalue weighted by Crippen LogP contribution is -2.23. The van der Waals surface area contributed by atoms with Crippen LogP contribution in [0.4, 0.5) is 11.4 Å². The summed E-state index contributed by atoms with van der Waals surface area (Å²) in [6.45, 7) is 2.47. The number of carbonyl (C=O) groups excluding carboxylic acids is 3. The number of esters is 1. The first-order valence-electron chi connectivity index (χ1n) is 8.05. The van der Waals surface area contributed by atoms with Gasteiger partial charge in [0.05, 0.1) is 5.02 Å². The van der Waals surface area contributed by atoms with Crippen LogP contribution >= 0.6 is 11.6 Å². The molecule has 0 saturated carbocycles. The molecule has 7 nitrogen and oxygen atoms in total. The van der Waals surface area contributed by atoms with Crippen molar-refractivity contribution in [3.05, 3.63) is 53.1 Å². The number of anilines is 2. The largest absolute Gasteiger partial charge is 0.480 e. The Morgan fingerprint density at radius 3 is 2.22 bits per heavy atom. The smallest absolute Gasteiger partial charge is 0.344 e. The number of halogens is 1. The van der Waals surface area contributed by atoms with Gasteiger partial charge in [0.1, 0.15) is 5.75 Å². The summed E-state index contributed by atoms with van der Waals surface area (Å²) < 4.78 is 10.2. The van der Waals surface area contributed by atoms with Crippen LogP contribution in [0.3, 0.4) is 0 Å². The molecule has 0 aliphatic carbocycles. The number of carbonyl (C=O) groups is 3. The Bertz CT molecular complexity index is 836. The Morgan fingerprint density at radius 1 is 0.963 bits per heavy atom. The molecule has 0 aromatic heterocycles. The van der Waals surface area contributed by atoms with Gasteiger partial charge in [-0.15, -0.1) is 0 Å². The second kappa shape index (κ2) is 9.59. The van der Waals surface area contributed by atoms with E-state index in [0.29, 0.717) is 22.1 Å². The highest BCUT2D eigenvalue weighted by Gasteiger charge is 2.10. The van der Waals surface area contributed by atoms with E-state index < -0.39 is 18.5 Å². The number of nitrogens with one attached hydrogen (secondary N) is 2. The summed E-state index contributed by atoms with van der Waals surface area (Å²) in [5.74, 6) is -1.00. The van der Waals surface area contributed by atoms with Crippen molar-refractivity contribution in [1.29, 1.82) is 0 Å². The second-order valence-corrected chi connectivity index (χ2v) is 6.10. The molecule has 27 heavy (non-hydrogen) atoms. The summed E-state index contributed by atoms with van der Waals surface area (Å²) >= 11 is 5.97. The lowest BCUT2D eigenvalue weighted by atomic mass is 10.2. The van der Waals surface area contributed by atoms with Gasteiger partial charge < -0.3 is 20.1 Å². The minimum absolute atomic E-state index is 0.187. The predicted octanol–water partition coefficient (Wildman–Crippen LogP) is 3.17. The van der Waals surface area contributed by atoms with E-state index in [1.165, 1.54) is 6.92 Å². The van der Waals surface area contributed by atoms with Gasteiger partial charge in [0.25, 0.3) is 5.91 Å². The lowest BCUT2D eigenvalue weighted by molar-refractivity contribution is -0.149. The molecule has 2 N–H and O–H groups in total. The molecular weight excluding hydrogens is 372 g/mol. The molecule has 2 rings (SSSR count). The summed E-state index contributed by atoms with van der Waals surface area (Å²) in [4.78, 5) is 34.5. The van der Waals surface area contributed by atoms with Crippen LogP contribution in [0.1, 0.15) is 12.5 Å². The molecule has 0 aliphatic heterocycles. The van der Waals surface area contributed by atoms with Crippen molar-refractivity contribution in [3.63, 3.8) is 0 Å². The van der Waals surface area contributed by atoms with Crippen molar-refractivity contribution < 1.29 is 23.9 Å². The number of ether oxygens (including phenoxy) is 2. The lowest BCUT2D eigenvalue weighted by Gasteiger charge is -2.10. The van der Waals surface area contributed by atoms with Crippen LogP contribution in [0.25, 0.3) is 0 Å². The van der Waals surface area contributed by atoms with E-state index in [4.69, 9.17) is 21.1 Å². The van der Waals surface area contributed by atoms with Crippen LogP contribution in [0.15, 0.2) is 42.5 Å². The highest BCUT2D eigenvalue weighted by atomic mass is 35.5. The number of aryl methyl sites for hydroxylation is 1. The summed E-state index contributed by atoms with van der Waals surface area (Å²) in [7, 11) is 0. The van der Waals surface area contributed by atoms with Crippen LogP contribution in [-0.4, -0.2) is 31.0 Å². The van der Waals surface area contributed by atoms with Crippen LogP contribution in [-0.2, 0) is 19.1 Å². The van der Waals surface area contributed by atoms with Crippen molar-refractivity contribution in [3.8, 4) is 5.75 Å². The molecule has 0 spiro atoms. The number of hydrogen-bond donors (Lipinski definition) is 2. The molecule has 0 radical (unpaired) electrons. The molecule has 142 valence electrons.